The normalized spacial score (nSPS) is 15.5. The van der Waals surface area contributed by atoms with Crippen LogP contribution in [0.3, 0.4) is 0 Å². The van der Waals surface area contributed by atoms with Crippen LogP contribution in [0.2, 0.25) is 0 Å². The minimum absolute atomic E-state index is 0.158. The molecule has 18 heavy (non-hydrogen) atoms. The molecule has 0 aliphatic carbocycles. The zero-order valence-electron chi connectivity index (χ0n) is 9.60. The van der Waals surface area contributed by atoms with E-state index >= 15 is 0 Å². The number of carbonyl (C=O) groups excluding carboxylic acids is 1. The number of carbonyl (C=O) groups is 1. The molecular weight excluding hydrogens is 232 g/mol. The Morgan fingerprint density at radius 1 is 1.33 bits per heavy atom. The van der Waals surface area contributed by atoms with Crippen molar-refractivity contribution in [3.8, 4) is 5.82 Å². The van der Waals surface area contributed by atoms with E-state index in [2.05, 4.69) is 10.1 Å². The molecule has 92 valence electrons. The number of hydrogen-bond acceptors (Lipinski definition) is 4. The summed E-state index contributed by atoms with van der Waals surface area (Å²) in [6.07, 6.45) is 3.02. The Kier molecular flexibility index (Phi) is 2.56. The fraction of sp³-hybridized carbons (Fsp3) is 0.250. The molecule has 6 heteroatoms. The lowest BCUT2D eigenvalue weighted by Gasteiger charge is -2.35. The van der Waals surface area contributed by atoms with Crippen molar-refractivity contribution in [2.24, 2.45) is 0 Å². The van der Waals surface area contributed by atoms with E-state index in [1.54, 1.807) is 46.2 Å². The van der Waals surface area contributed by atoms with Gasteiger partial charge in [0.25, 0.3) is 5.91 Å². The molecule has 6 nitrogen and oxygen atoms in total. The number of amides is 1. The first kappa shape index (κ1) is 10.9. The maximum Gasteiger partial charge on any atom is 0.272 e. The van der Waals surface area contributed by atoms with Crippen molar-refractivity contribution in [2.75, 3.05) is 13.1 Å². The van der Waals surface area contributed by atoms with Crippen LogP contribution in [-0.4, -0.2) is 49.9 Å². The predicted molar refractivity (Wildman–Crippen MR) is 63.3 cm³/mol. The maximum atomic E-state index is 12.0. The van der Waals surface area contributed by atoms with Crippen LogP contribution in [0, 0.1) is 0 Å². The average Bonchev–Trinajstić information content (AvgIpc) is 2.88. The highest BCUT2D eigenvalue weighted by atomic mass is 16.3. The third-order valence-electron chi connectivity index (χ3n) is 2.84. The molecule has 0 aromatic carbocycles. The van der Waals surface area contributed by atoms with Gasteiger partial charge in [0.1, 0.15) is 5.69 Å². The number of rotatable bonds is 2. The quantitative estimate of drug-likeness (QED) is 0.812. The largest absolute Gasteiger partial charge is 0.389 e. The molecule has 2 aromatic rings. The molecule has 0 radical (unpaired) electrons. The van der Waals surface area contributed by atoms with E-state index < -0.39 is 6.10 Å². The molecule has 1 aliphatic heterocycles. The van der Waals surface area contributed by atoms with Gasteiger partial charge in [0.15, 0.2) is 5.82 Å². The van der Waals surface area contributed by atoms with E-state index in [0.29, 0.717) is 24.6 Å². The van der Waals surface area contributed by atoms with Gasteiger partial charge in [-0.15, -0.1) is 0 Å². The van der Waals surface area contributed by atoms with Gasteiger partial charge in [-0.3, -0.25) is 4.79 Å². The van der Waals surface area contributed by atoms with Crippen LogP contribution in [0.25, 0.3) is 5.82 Å². The molecule has 0 saturated carbocycles. The second-order valence-electron chi connectivity index (χ2n) is 4.20. The number of aliphatic hydroxyl groups is 1. The first-order valence-corrected chi connectivity index (χ1v) is 5.68. The summed E-state index contributed by atoms with van der Waals surface area (Å²) in [5.41, 5.74) is 0.370. The summed E-state index contributed by atoms with van der Waals surface area (Å²) in [4.78, 5) is 17.9. The van der Waals surface area contributed by atoms with E-state index in [-0.39, 0.29) is 5.91 Å². The van der Waals surface area contributed by atoms with Crippen molar-refractivity contribution in [3.05, 3.63) is 42.4 Å². The standard InChI is InChI=1S/C12H12N4O2/c17-9-7-15(8-9)12(18)10-3-1-4-11(14-10)16-6-2-5-13-16/h1-6,9,17H,7-8H2. The SMILES string of the molecule is O=C(c1cccc(-n2cccn2)n1)N1CC(O)C1. The van der Waals surface area contributed by atoms with Gasteiger partial charge in [-0.05, 0) is 18.2 Å². The summed E-state index contributed by atoms with van der Waals surface area (Å²) in [5, 5.41) is 13.3. The second kappa shape index (κ2) is 4.23. The zero-order valence-corrected chi connectivity index (χ0v) is 9.60. The molecule has 0 unspecified atom stereocenters. The smallest absolute Gasteiger partial charge is 0.272 e. The molecule has 1 saturated heterocycles. The van der Waals surface area contributed by atoms with Gasteiger partial charge in [-0.1, -0.05) is 6.07 Å². The van der Waals surface area contributed by atoms with Crippen LogP contribution in [0.4, 0.5) is 0 Å². The van der Waals surface area contributed by atoms with E-state index in [9.17, 15) is 9.90 Å². The summed E-state index contributed by atoms with van der Waals surface area (Å²) in [5.74, 6) is 0.446. The fourth-order valence-corrected chi connectivity index (χ4v) is 1.86. The Morgan fingerprint density at radius 2 is 2.17 bits per heavy atom. The van der Waals surface area contributed by atoms with Crippen LogP contribution in [0.15, 0.2) is 36.7 Å². The highest BCUT2D eigenvalue weighted by molar-refractivity contribution is 5.93. The maximum absolute atomic E-state index is 12.0. The van der Waals surface area contributed by atoms with Gasteiger partial charge in [0.05, 0.1) is 6.10 Å². The minimum Gasteiger partial charge on any atom is -0.389 e. The number of nitrogens with zero attached hydrogens (tertiary/aromatic N) is 4. The number of pyridine rings is 1. The number of aromatic nitrogens is 3. The fourth-order valence-electron chi connectivity index (χ4n) is 1.86. The van der Waals surface area contributed by atoms with E-state index in [4.69, 9.17) is 0 Å². The molecule has 0 atom stereocenters. The molecule has 3 rings (SSSR count). The van der Waals surface area contributed by atoms with Crippen LogP contribution in [-0.2, 0) is 0 Å². The lowest BCUT2D eigenvalue weighted by molar-refractivity contribution is 0.00550. The second-order valence-corrected chi connectivity index (χ2v) is 4.20. The molecular formula is C12H12N4O2. The first-order valence-electron chi connectivity index (χ1n) is 5.68. The number of hydrogen-bond donors (Lipinski definition) is 1. The highest BCUT2D eigenvalue weighted by Crippen LogP contribution is 2.13. The Labute approximate surface area is 103 Å². The summed E-state index contributed by atoms with van der Waals surface area (Å²) in [6, 6.07) is 7.02. The predicted octanol–water partition coefficient (Wildman–Crippen LogP) is 0.0840. The van der Waals surface area contributed by atoms with Gasteiger partial charge in [0, 0.05) is 25.5 Å². The summed E-state index contributed by atoms with van der Waals surface area (Å²) in [6.45, 7) is 0.763. The number of likely N-dealkylation sites (tertiary alicyclic amines) is 1. The Morgan fingerprint density at radius 3 is 2.83 bits per heavy atom. The first-order chi connectivity index (χ1) is 8.74. The van der Waals surface area contributed by atoms with Crippen molar-refractivity contribution in [2.45, 2.75) is 6.10 Å². The van der Waals surface area contributed by atoms with Gasteiger partial charge in [-0.25, -0.2) is 9.67 Å². The van der Waals surface area contributed by atoms with E-state index in [0.717, 1.165) is 0 Å². The van der Waals surface area contributed by atoms with Crippen molar-refractivity contribution >= 4 is 5.91 Å². The number of aliphatic hydroxyl groups excluding tert-OH is 1. The Hall–Kier alpha value is -2.21. The third kappa shape index (κ3) is 1.86. The molecule has 2 aromatic heterocycles. The van der Waals surface area contributed by atoms with E-state index in [1.807, 2.05) is 0 Å². The highest BCUT2D eigenvalue weighted by Gasteiger charge is 2.30. The average molecular weight is 244 g/mol. The molecule has 0 bridgehead atoms. The summed E-state index contributed by atoms with van der Waals surface area (Å²) < 4.78 is 1.60. The molecule has 1 amide bonds. The van der Waals surface area contributed by atoms with Crippen LogP contribution in [0.1, 0.15) is 10.5 Å². The van der Waals surface area contributed by atoms with E-state index in [1.165, 1.54) is 0 Å². The lowest BCUT2D eigenvalue weighted by atomic mass is 10.1. The lowest BCUT2D eigenvalue weighted by Crippen LogP contribution is -2.53. The minimum atomic E-state index is -0.400. The topological polar surface area (TPSA) is 71.2 Å². The number of β-amino-alcohol motifs (C(OH)–C–C–N with tert-alkyl or cyclic N) is 1. The third-order valence-corrected chi connectivity index (χ3v) is 2.84. The van der Waals surface area contributed by atoms with Crippen LogP contribution >= 0.6 is 0 Å². The van der Waals surface area contributed by atoms with Crippen LogP contribution in [0.5, 0.6) is 0 Å². The zero-order chi connectivity index (χ0) is 12.5. The van der Waals surface area contributed by atoms with Gasteiger partial charge in [-0.2, -0.15) is 5.10 Å². The van der Waals surface area contributed by atoms with Crippen molar-refractivity contribution in [3.63, 3.8) is 0 Å². The summed E-state index contributed by atoms with van der Waals surface area (Å²) >= 11 is 0. The molecule has 0 spiro atoms. The summed E-state index contributed by atoms with van der Waals surface area (Å²) in [7, 11) is 0. The molecule has 3 heterocycles. The van der Waals surface area contributed by atoms with Crippen molar-refractivity contribution in [1.29, 1.82) is 0 Å². The molecule has 1 N–H and O–H groups in total. The van der Waals surface area contributed by atoms with Gasteiger partial charge >= 0.3 is 0 Å². The molecule has 1 fully saturated rings. The van der Waals surface area contributed by atoms with Gasteiger partial charge in [0.2, 0.25) is 0 Å². The Balaban J connectivity index is 1.85. The monoisotopic (exact) mass is 244 g/mol. The van der Waals surface area contributed by atoms with Crippen molar-refractivity contribution in [1.82, 2.24) is 19.7 Å². The molecule has 1 aliphatic rings. The van der Waals surface area contributed by atoms with Crippen LogP contribution < -0.4 is 0 Å². The van der Waals surface area contributed by atoms with Gasteiger partial charge < -0.3 is 10.0 Å². The Bertz CT molecular complexity index is 561. The van der Waals surface area contributed by atoms with Crippen molar-refractivity contribution < 1.29 is 9.90 Å².